The molecule has 2 N–H and O–H groups in total. The first-order valence-corrected chi connectivity index (χ1v) is 5.48. The lowest BCUT2D eigenvalue weighted by molar-refractivity contribution is -0.145. The molecule has 0 radical (unpaired) electrons. The largest absolute Gasteiger partial charge is 0.481 e. The van der Waals surface area contributed by atoms with Crippen LogP contribution in [0.25, 0.3) is 0 Å². The number of carbonyl (C=O) groups is 1. The lowest BCUT2D eigenvalue weighted by Crippen LogP contribution is -2.34. The number of benzene rings is 1. The first-order valence-electron chi connectivity index (χ1n) is 5.48. The van der Waals surface area contributed by atoms with Crippen LogP contribution in [0.1, 0.15) is 31.4 Å². The van der Waals surface area contributed by atoms with E-state index in [2.05, 4.69) is 0 Å². The third kappa shape index (κ3) is 2.82. The predicted octanol–water partition coefficient (Wildman–Crippen LogP) is 2.45. The number of aryl methyl sites for hydroxylation is 1. The summed E-state index contributed by atoms with van der Waals surface area (Å²) in [5, 5.41) is 19.3. The smallest absolute Gasteiger partial charge is 0.306 e. The fourth-order valence-electron chi connectivity index (χ4n) is 1.78. The van der Waals surface area contributed by atoms with Crippen LogP contribution in [-0.4, -0.2) is 16.2 Å². The van der Waals surface area contributed by atoms with E-state index in [4.69, 9.17) is 5.11 Å². The molecular weight excluding hydrogens is 223 g/mol. The van der Waals surface area contributed by atoms with Crippen molar-refractivity contribution in [1.82, 2.24) is 0 Å². The minimum absolute atomic E-state index is 0.275. The zero-order valence-corrected chi connectivity index (χ0v) is 10.2. The van der Waals surface area contributed by atoms with Crippen molar-refractivity contribution >= 4 is 5.97 Å². The summed E-state index contributed by atoms with van der Waals surface area (Å²) in [4.78, 5) is 10.8. The van der Waals surface area contributed by atoms with Crippen LogP contribution < -0.4 is 0 Å². The number of aliphatic carboxylic acids is 1. The Labute approximate surface area is 99.9 Å². The second-order valence-corrected chi connectivity index (χ2v) is 4.61. The van der Waals surface area contributed by atoms with E-state index in [-0.39, 0.29) is 11.7 Å². The van der Waals surface area contributed by atoms with Crippen LogP contribution in [0.5, 0.6) is 0 Å². The van der Waals surface area contributed by atoms with E-state index in [0.29, 0.717) is 11.1 Å². The van der Waals surface area contributed by atoms with Crippen molar-refractivity contribution in [2.45, 2.75) is 32.8 Å². The van der Waals surface area contributed by atoms with Crippen LogP contribution in [0.3, 0.4) is 0 Å². The van der Waals surface area contributed by atoms with Crippen molar-refractivity contribution in [2.24, 2.45) is 5.92 Å². The summed E-state index contributed by atoms with van der Waals surface area (Å²) < 4.78 is 13.2. The van der Waals surface area contributed by atoms with Gasteiger partial charge in [0.05, 0.1) is 6.42 Å². The van der Waals surface area contributed by atoms with Gasteiger partial charge in [-0.1, -0.05) is 26.0 Å². The molecule has 1 unspecified atom stereocenters. The van der Waals surface area contributed by atoms with E-state index >= 15 is 0 Å². The third-order valence-electron chi connectivity index (χ3n) is 3.03. The van der Waals surface area contributed by atoms with Gasteiger partial charge in [0.25, 0.3) is 0 Å². The first kappa shape index (κ1) is 13.6. The average molecular weight is 240 g/mol. The Balaban J connectivity index is 3.22. The molecule has 1 atom stereocenters. The van der Waals surface area contributed by atoms with E-state index in [1.807, 2.05) is 0 Å². The molecule has 3 nitrogen and oxygen atoms in total. The van der Waals surface area contributed by atoms with Crippen molar-refractivity contribution in [3.05, 3.63) is 35.1 Å². The van der Waals surface area contributed by atoms with E-state index < -0.39 is 18.0 Å². The molecule has 1 rings (SSSR count). The molecule has 0 aliphatic heterocycles. The molecule has 0 bridgehead atoms. The molecule has 0 heterocycles. The molecule has 0 amide bonds. The van der Waals surface area contributed by atoms with Gasteiger partial charge in [0, 0.05) is 0 Å². The zero-order valence-electron chi connectivity index (χ0n) is 10.2. The Hall–Kier alpha value is -1.42. The molecule has 0 saturated carbocycles. The Morgan fingerprint density at radius 1 is 1.47 bits per heavy atom. The highest BCUT2D eigenvalue weighted by atomic mass is 19.1. The monoisotopic (exact) mass is 240 g/mol. The minimum Gasteiger partial charge on any atom is -0.481 e. The Bertz CT molecular complexity index is 429. The van der Waals surface area contributed by atoms with Gasteiger partial charge in [0.2, 0.25) is 0 Å². The quantitative estimate of drug-likeness (QED) is 0.849. The van der Waals surface area contributed by atoms with Gasteiger partial charge in [-0.2, -0.15) is 0 Å². The van der Waals surface area contributed by atoms with Gasteiger partial charge in [-0.25, -0.2) is 4.39 Å². The summed E-state index contributed by atoms with van der Waals surface area (Å²) >= 11 is 0. The van der Waals surface area contributed by atoms with Crippen LogP contribution in [0.2, 0.25) is 0 Å². The van der Waals surface area contributed by atoms with Gasteiger partial charge < -0.3 is 10.2 Å². The lowest BCUT2D eigenvalue weighted by Gasteiger charge is -2.31. The van der Waals surface area contributed by atoms with Crippen LogP contribution in [0.15, 0.2) is 18.2 Å². The van der Waals surface area contributed by atoms with E-state index in [0.717, 1.165) is 0 Å². The topological polar surface area (TPSA) is 57.5 Å². The van der Waals surface area contributed by atoms with Crippen molar-refractivity contribution < 1.29 is 19.4 Å². The molecule has 0 aliphatic carbocycles. The SMILES string of the molecule is Cc1cc(C(O)(CC(=O)O)C(C)C)ccc1F. The van der Waals surface area contributed by atoms with Gasteiger partial charge >= 0.3 is 5.97 Å². The van der Waals surface area contributed by atoms with Crippen LogP contribution in [-0.2, 0) is 10.4 Å². The maximum atomic E-state index is 13.2. The fraction of sp³-hybridized carbons (Fsp3) is 0.462. The molecule has 94 valence electrons. The second kappa shape index (κ2) is 4.84. The predicted molar refractivity (Wildman–Crippen MR) is 62.1 cm³/mol. The number of carboxylic acids is 1. The lowest BCUT2D eigenvalue weighted by atomic mass is 9.80. The zero-order chi connectivity index (χ0) is 13.2. The van der Waals surface area contributed by atoms with Gasteiger partial charge in [0.1, 0.15) is 11.4 Å². The van der Waals surface area contributed by atoms with Crippen molar-refractivity contribution in [3.8, 4) is 0 Å². The number of carboxylic acid groups (broad SMARTS) is 1. The highest BCUT2D eigenvalue weighted by molar-refractivity contribution is 5.68. The molecule has 0 aliphatic rings. The summed E-state index contributed by atoms with van der Waals surface area (Å²) in [6.07, 6.45) is -0.393. The average Bonchev–Trinajstić information content (AvgIpc) is 2.20. The number of hydrogen-bond donors (Lipinski definition) is 2. The second-order valence-electron chi connectivity index (χ2n) is 4.61. The van der Waals surface area contributed by atoms with Gasteiger partial charge in [0.15, 0.2) is 0 Å². The standard InChI is InChI=1S/C13H17FO3/c1-8(2)13(17,7-12(15)16)10-4-5-11(14)9(3)6-10/h4-6,8,17H,7H2,1-3H3,(H,15,16). The first-order chi connectivity index (χ1) is 7.77. The highest BCUT2D eigenvalue weighted by Crippen LogP contribution is 2.33. The summed E-state index contributed by atoms with van der Waals surface area (Å²) in [7, 11) is 0. The molecule has 4 heteroatoms. The molecular formula is C13H17FO3. The van der Waals surface area contributed by atoms with E-state index in [9.17, 15) is 14.3 Å². The normalized spacial score (nSPS) is 14.7. The maximum Gasteiger partial charge on any atom is 0.306 e. The molecule has 0 spiro atoms. The van der Waals surface area contributed by atoms with Crippen molar-refractivity contribution in [2.75, 3.05) is 0 Å². The highest BCUT2D eigenvalue weighted by Gasteiger charge is 2.35. The number of halogens is 1. The minimum atomic E-state index is -1.47. The number of hydrogen-bond acceptors (Lipinski definition) is 2. The molecule has 0 saturated heterocycles. The maximum absolute atomic E-state index is 13.2. The van der Waals surface area contributed by atoms with Gasteiger partial charge in [-0.15, -0.1) is 0 Å². The summed E-state index contributed by atoms with van der Waals surface area (Å²) in [6, 6.07) is 4.18. The van der Waals surface area contributed by atoms with Crippen molar-refractivity contribution in [3.63, 3.8) is 0 Å². The molecule has 1 aromatic rings. The molecule has 0 fully saturated rings. The molecule has 1 aromatic carbocycles. The van der Waals surface area contributed by atoms with E-state index in [1.165, 1.54) is 18.2 Å². The van der Waals surface area contributed by atoms with Gasteiger partial charge in [-0.3, -0.25) is 4.79 Å². The fourth-order valence-corrected chi connectivity index (χ4v) is 1.78. The third-order valence-corrected chi connectivity index (χ3v) is 3.03. The van der Waals surface area contributed by atoms with Crippen molar-refractivity contribution in [1.29, 1.82) is 0 Å². The van der Waals surface area contributed by atoms with Crippen LogP contribution >= 0.6 is 0 Å². The summed E-state index contributed by atoms with van der Waals surface area (Å²) in [6.45, 7) is 5.06. The molecule has 0 aromatic heterocycles. The molecule has 17 heavy (non-hydrogen) atoms. The summed E-state index contributed by atoms with van der Waals surface area (Å²) in [5.41, 5.74) is -0.634. The van der Waals surface area contributed by atoms with Crippen LogP contribution in [0, 0.1) is 18.7 Å². The Kier molecular flexibility index (Phi) is 3.88. The van der Waals surface area contributed by atoms with Gasteiger partial charge in [-0.05, 0) is 30.0 Å². The van der Waals surface area contributed by atoms with E-state index in [1.54, 1.807) is 20.8 Å². The Morgan fingerprint density at radius 3 is 2.47 bits per heavy atom. The van der Waals surface area contributed by atoms with Crippen LogP contribution in [0.4, 0.5) is 4.39 Å². The summed E-state index contributed by atoms with van der Waals surface area (Å²) in [5.74, 6) is -1.72. The number of rotatable bonds is 4. The number of aliphatic hydroxyl groups is 1. The Morgan fingerprint density at radius 2 is 2.06 bits per heavy atom.